The average molecular weight is 372 g/mol. The van der Waals surface area contributed by atoms with E-state index in [4.69, 9.17) is 4.74 Å². The number of hydrogen-bond acceptors (Lipinski definition) is 4. The summed E-state index contributed by atoms with van der Waals surface area (Å²) in [5.41, 5.74) is -5.78. The van der Waals surface area contributed by atoms with Crippen LogP contribution in [0.5, 0.6) is 0 Å². The summed E-state index contributed by atoms with van der Waals surface area (Å²) in [7, 11) is 0. The number of carbonyl (C=O) groups excluding carboxylic acids is 2. The quantitative estimate of drug-likeness (QED) is 0.601. The minimum atomic E-state index is -2.34. The van der Waals surface area contributed by atoms with Crippen LogP contribution in [0.4, 0.5) is 0 Å². The van der Waals surface area contributed by atoms with Crippen molar-refractivity contribution >= 4 is 17.8 Å². The van der Waals surface area contributed by atoms with Crippen molar-refractivity contribution in [1.82, 2.24) is 4.90 Å². The highest BCUT2D eigenvalue weighted by atomic mass is 16.6. The number of amides is 1. The molecule has 0 rings (SSSR count). The van der Waals surface area contributed by atoms with Gasteiger partial charge in [-0.25, -0.2) is 4.79 Å². The van der Waals surface area contributed by atoms with Crippen molar-refractivity contribution in [3.05, 3.63) is 0 Å². The van der Waals surface area contributed by atoms with Crippen LogP contribution in [0.25, 0.3) is 0 Å². The van der Waals surface area contributed by atoms with Crippen molar-refractivity contribution in [2.24, 2.45) is 10.8 Å². The van der Waals surface area contributed by atoms with Crippen molar-refractivity contribution in [2.45, 2.75) is 99.8 Å². The lowest BCUT2D eigenvalue weighted by Crippen LogP contribution is -2.69. The number of nitrogens with zero attached hydrogens (tertiary/aromatic N) is 1. The topological polar surface area (TPSA) is 83.9 Å². The Morgan fingerprint density at radius 1 is 0.731 bits per heavy atom. The maximum Gasteiger partial charge on any atom is 0.358 e. The van der Waals surface area contributed by atoms with Crippen LogP contribution in [0.2, 0.25) is 0 Å². The second-order valence-corrected chi connectivity index (χ2v) is 10.9. The molecule has 0 heterocycles. The SMILES string of the molecule is CC(C)(C)C(=O)OC(C(=O)O)(C(=O)N(C(C)(C)C)C(C)(C)C)C(C)(C)C. The van der Waals surface area contributed by atoms with Gasteiger partial charge in [0.15, 0.2) is 0 Å². The fourth-order valence-electron chi connectivity index (χ4n) is 3.04. The molecule has 0 fully saturated rings. The largest absolute Gasteiger partial charge is 0.478 e. The van der Waals surface area contributed by atoms with Gasteiger partial charge in [0.25, 0.3) is 11.5 Å². The fourth-order valence-corrected chi connectivity index (χ4v) is 3.04. The molecule has 0 aliphatic heterocycles. The van der Waals surface area contributed by atoms with Crippen molar-refractivity contribution < 1.29 is 24.2 Å². The van der Waals surface area contributed by atoms with Gasteiger partial charge in [0, 0.05) is 16.5 Å². The lowest BCUT2D eigenvalue weighted by molar-refractivity contribution is -0.209. The average Bonchev–Trinajstić information content (AvgIpc) is 2.27. The van der Waals surface area contributed by atoms with Crippen LogP contribution >= 0.6 is 0 Å². The fraction of sp³-hybridized carbons (Fsp3) is 0.850. The Morgan fingerprint density at radius 2 is 1.08 bits per heavy atom. The van der Waals surface area contributed by atoms with Crippen LogP contribution in [0.3, 0.4) is 0 Å². The Hall–Kier alpha value is -1.59. The van der Waals surface area contributed by atoms with Gasteiger partial charge in [-0.3, -0.25) is 9.59 Å². The smallest absolute Gasteiger partial charge is 0.358 e. The van der Waals surface area contributed by atoms with Crippen molar-refractivity contribution in [1.29, 1.82) is 0 Å². The second kappa shape index (κ2) is 6.86. The van der Waals surface area contributed by atoms with E-state index < -0.39 is 45.4 Å². The number of carbonyl (C=O) groups is 3. The Morgan fingerprint density at radius 3 is 1.27 bits per heavy atom. The summed E-state index contributed by atoms with van der Waals surface area (Å²) in [5.74, 6) is -2.92. The lowest BCUT2D eigenvalue weighted by atomic mass is 9.73. The Balaban J connectivity index is 6.72. The summed E-state index contributed by atoms with van der Waals surface area (Å²) in [5, 5.41) is 10.1. The first-order chi connectivity index (χ1) is 11.1. The van der Waals surface area contributed by atoms with Gasteiger partial charge in [-0.2, -0.15) is 0 Å². The zero-order chi connectivity index (χ0) is 21.5. The molecule has 26 heavy (non-hydrogen) atoms. The van der Waals surface area contributed by atoms with Crippen molar-refractivity contribution in [2.75, 3.05) is 0 Å². The third-order valence-corrected chi connectivity index (χ3v) is 4.06. The standard InChI is InChI=1S/C20H37NO5/c1-16(2,3)15(25)26-20(14(23)24,17(4,5)6)13(22)21(18(7,8)9)19(10,11)12/h1-12H3,(H,23,24). The first-order valence-electron chi connectivity index (χ1n) is 8.92. The summed E-state index contributed by atoms with van der Waals surface area (Å²) in [4.78, 5) is 40.2. The van der Waals surface area contributed by atoms with Gasteiger partial charge in [0.1, 0.15) is 0 Å². The summed E-state index contributed by atoms with van der Waals surface area (Å²) in [6, 6.07) is 0. The molecule has 1 amide bonds. The summed E-state index contributed by atoms with van der Waals surface area (Å²) < 4.78 is 5.53. The van der Waals surface area contributed by atoms with Crippen molar-refractivity contribution in [3.8, 4) is 0 Å². The molecule has 1 N–H and O–H groups in total. The summed E-state index contributed by atoms with van der Waals surface area (Å²) in [6.45, 7) is 20.6. The van der Waals surface area contributed by atoms with Gasteiger partial charge in [0.2, 0.25) is 0 Å². The number of ether oxygens (including phenoxy) is 1. The van der Waals surface area contributed by atoms with E-state index in [0.29, 0.717) is 0 Å². The van der Waals surface area contributed by atoms with Crippen LogP contribution < -0.4 is 0 Å². The van der Waals surface area contributed by atoms with E-state index in [0.717, 1.165) is 0 Å². The number of esters is 1. The van der Waals surface area contributed by atoms with Crippen LogP contribution in [-0.4, -0.2) is 44.5 Å². The predicted octanol–water partition coefficient (Wildman–Crippen LogP) is 3.87. The summed E-state index contributed by atoms with van der Waals surface area (Å²) in [6.07, 6.45) is 0. The number of hydrogen-bond donors (Lipinski definition) is 1. The highest BCUT2D eigenvalue weighted by molar-refractivity contribution is 6.08. The van der Waals surface area contributed by atoms with E-state index in [-0.39, 0.29) is 0 Å². The van der Waals surface area contributed by atoms with E-state index in [9.17, 15) is 19.5 Å². The molecular formula is C20H37NO5. The van der Waals surface area contributed by atoms with E-state index in [2.05, 4.69) is 0 Å². The zero-order valence-corrected chi connectivity index (χ0v) is 18.5. The number of aliphatic carboxylic acids is 1. The molecule has 152 valence electrons. The van der Waals surface area contributed by atoms with E-state index in [1.54, 1.807) is 41.5 Å². The Bertz CT molecular complexity index is 553. The first kappa shape index (κ1) is 24.4. The molecule has 6 nitrogen and oxygen atoms in total. The van der Waals surface area contributed by atoms with E-state index in [1.807, 2.05) is 41.5 Å². The normalized spacial score (nSPS) is 15.8. The number of carboxylic acid groups (broad SMARTS) is 1. The van der Waals surface area contributed by atoms with Gasteiger partial charge >= 0.3 is 11.9 Å². The molecule has 6 heteroatoms. The predicted molar refractivity (Wildman–Crippen MR) is 102 cm³/mol. The molecule has 1 atom stereocenters. The minimum Gasteiger partial charge on any atom is -0.478 e. The van der Waals surface area contributed by atoms with Crippen LogP contribution in [0, 0.1) is 10.8 Å². The molecule has 0 bridgehead atoms. The Labute approximate surface area is 158 Å². The maximum absolute atomic E-state index is 13.7. The van der Waals surface area contributed by atoms with Crippen LogP contribution in [-0.2, 0) is 19.1 Å². The first-order valence-corrected chi connectivity index (χ1v) is 8.92. The van der Waals surface area contributed by atoms with Crippen molar-refractivity contribution in [3.63, 3.8) is 0 Å². The van der Waals surface area contributed by atoms with E-state index >= 15 is 0 Å². The van der Waals surface area contributed by atoms with Gasteiger partial charge in [0.05, 0.1) is 5.41 Å². The summed E-state index contributed by atoms with van der Waals surface area (Å²) >= 11 is 0. The second-order valence-electron chi connectivity index (χ2n) is 10.9. The van der Waals surface area contributed by atoms with E-state index in [1.165, 1.54) is 4.90 Å². The molecule has 0 spiro atoms. The molecule has 0 saturated heterocycles. The highest BCUT2D eigenvalue weighted by Crippen LogP contribution is 2.41. The monoisotopic (exact) mass is 371 g/mol. The highest BCUT2D eigenvalue weighted by Gasteiger charge is 2.63. The molecule has 0 aromatic heterocycles. The zero-order valence-electron chi connectivity index (χ0n) is 18.5. The third-order valence-electron chi connectivity index (χ3n) is 4.06. The molecule has 0 aliphatic carbocycles. The van der Waals surface area contributed by atoms with Gasteiger partial charge < -0.3 is 14.7 Å². The molecule has 0 aliphatic rings. The minimum absolute atomic E-state index is 0.671. The van der Waals surface area contributed by atoms with Gasteiger partial charge in [-0.15, -0.1) is 0 Å². The third kappa shape index (κ3) is 4.77. The maximum atomic E-state index is 13.7. The molecule has 0 aromatic carbocycles. The molecular weight excluding hydrogens is 334 g/mol. The molecule has 0 saturated carbocycles. The molecule has 0 aromatic rings. The van der Waals surface area contributed by atoms with Gasteiger partial charge in [-0.1, -0.05) is 20.8 Å². The van der Waals surface area contributed by atoms with Crippen LogP contribution in [0.15, 0.2) is 0 Å². The lowest BCUT2D eigenvalue weighted by Gasteiger charge is -2.51. The van der Waals surface area contributed by atoms with Crippen LogP contribution in [0.1, 0.15) is 83.1 Å². The van der Waals surface area contributed by atoms with Gasteiger partial charge in [-0.05, 0) is 62.3 Å². The molecule has 0 radical (unpaired) electrons. The number of carboxylic acids is 1. The Kier molecular flexibility index (Phi) is 6.44. The number of rotatable bonds is 3. The molecule has 1 unspecified atom stereocenters.